The summed E-state index contributed by atoms with van der Waals surface area (Å²) in [7, 11) is 0. The lowest BCUT2D eigenvalue weighted by Crippen LogP contribution is -2.19. The molecule has 0 aliphatic carbocycles. The largest absolute Gasteiger partial charge is 0.493 e. The number of allylic oxidation sites excluding steroid dienone is 1. The molecule has 0 fully saturated rings. The average molecular weight is 438 g/mol. The van der Waals surface area contributed by atoms with Gasteiger partial charge in [0.2, 0.25) is 5.88 Å². The number of para-hydroxylation sites is 2. The van der Waals surface area contributed by atoms with E-state index in [2.05, 4.69) is 30.1 Å². The Hall–Kier alpha value is -3.70. The van der Waals surface area contributed by atoms with Crippen LogP contribution in [-0.4, -0.2) is 15.4 Å². The molecule has 158 valence electrons. The molecule has 32 heavy (non-hydrogen) atoms. The van der Waals surface area contributed by atoms with Gasteiger partial charge in [0.25, 0.3) is 0 Å². The van der Waals surface area contributed by atoms with Crippen LogP contribution >= 0.6 is 11.3 Å². The molecule has 4 aromatic rings. The molecule has 5 heteroatoms. The van der Waals surface area contributed by atoms with E-state index in [-0.39, 0.29) is 11.9 Å². The summed E-state index contributed by atoms with van der Waals surface area (Å²) < 4.78 is 1.91. The molecule has 2 heterocycles. The summed E-state index contributed by atoms with van der Waals surface area (Å²) in [4.78, 5) is 11.1. The Bertz CT molecular complexity index is 1400. The summed E-state index contributed by atoms with van der Waals surface area (Å²) in [6.07, 6.45) is 2.03. The maximum absolute atomic E-state index is 11.3. The standard InChI is InChI=1S/C27H23N3OS/c1-18-23(22-15-9-10-16-24(22)28-18)17-25-26(31)30(19(2)20-11-5-3-6-12-20)27(32-25)29-21-13-7-4-8-14-21/h3-17,19,31H,1-2H3/b23-17+,29-27?. The first kappa shape index (κ1) is 20.2. The van der Waals surface area contributed by atoms with E-state index in [4.69, 9.17) is 4.99 Å². The minimum absolute atomic E-state index is 0.0762. The topological polar surface area (TPSA) is 49.9 Å². The minimum atomic E-state index is -0.0762. The normalized spacial score (nSPS) is 15.6. The predicted molar refractivity (Wildman–Crippen MR) is 133 cm³/mol. The second-order valence-corrected chi connectivity index (χ2v) is 8.76. The van der Waals surface area contributed by atoms with Crippen molar-refractivity contribution >= 4 is 40.1 Å². The average Bonchev–Trinajstić information content (AvgIpc) is 3.30. The number of rotatable bonds is 4. The number of benzene rings is 3. The second-order valence-electron chi connectivity index (χ2n) is 7.75. The molecular formula is C27H23N3OS. The zero-order valence-corrected chi connectivity index (χ0v) is 18.8. The van der Waals surface area contributed by atoms with Crippen LogP contribution in [0.3, 0.4) is 0 Å². The fraction of sp³-hybridized carbons (Fsp3) is 0.111. The number of fused-ring (bicyclic) bond motifs is 1. The molecular weight excluding hydrogens is 414 g/mol. The van der Waals surface area contributed by atoms with Crippen LogP contribution in [0.15, 0.2) is 94.9 Å². The zero-order valence-electron chi connectivity index (χ0n) is 17.9. The van der Waals surface area contributed by atoms with Crippen molar-refractivity contribution in [1.29, 1.82) is 0 Å². The number of aromatic nitrogens is 1. The van der Waals surface area contributed by atoms with Gasteiger partial charge in [-0.05, 0) is 43.7 Å². The van der Waals surface area contributed by atoms with Gasteiger partial charge in [0.15, 0.2) is 4.80 Å². The number of nitrogens with zero attached hydrogens (tertiary/aromatic N) is 3. The summed E-state index contributed by atoms with van der Waals surface area (Å²) >= 11 is 1.48. The lowest BCUT2D eigenvalue weighted by atomic mass is 10.0. The second kappa shape index (κ2) is 8.44. The Kier molecular flexibility index (Phi) is 5.33. The predicted octanol–water partition coefficient (Wildman–Crippen LogP) is 6.74. The van der Waals surface area contributed by atoms with Crippen LogP contribution in [0.5, 0.6) is 5.88 Å². The van der Waals surface area contributed by atoms with Crippen molar-refractivity contribution in [2.24, 2.45) is 9.98 Å². The Morgan fingerprint density at radius 2 is 1.59 bits per heavy atom. The highest BCUT2D eigenvalue weighted by Gasteiger charge is 2.21. The van der Waals surface area contributed by atoms with E-state index < -0.39 is 0 Å². The summed E-state index contributed by atoms with van der Waals surface area (Å²) in [5, 5.41) is 11.3. The van der Waals surface area contributed by atoms with E-state index in [0.717, 1.165) is 43.5 Å². The summed E-state index contributed by atoms with van der Waals surface area (Å²) in [6.45, 7) is 4.09. The van der Waals surface area contributed by atoms with Crippen molar-refractivity contribution in [3.8, 4) is 5.88 Å². The fourth-order valence-corrected chi connectivity index (χ4v) is 5.02. The Morgan fingerprint density at radius 1 is 0.938 bits per heavy atom. The van der Waals surface area contributed by atoms with Crippen LogP contribution in [0.1, 0.15) is 35.9 Å². The molecule has 0 amide bonds. The maximum atomic E-state index is 11.3. The van der Waals surface area contributed by atoms with Crippen molar-refractivity contribution in [1.82, 2.24) is 4.57 Å². The third-order valence-corrected chi connectivity index (χ3v) is 6.64. The van der Waals surface area contributed by atoms with Crippen molar-refractivity contribution < 1.29 is 5.11 Å². The Morgan fingerprint density at radius 3 is 2.34 bits per heavy atom. The minimum Gasteiger partial charge on any atom is -0.493 e. The lowest BCUT2D eigenvalue weighted by molar-refractivity contribution is 0.400. The number of aromatic hydroxyl groups is 1. The van der Waals surface area contributed by atoms with Crippen LogP contribution in [0.2, 0.25) is 0 Å². The summed E-state index contributed by atoms with van der Waals surface area (Å²) in [6, 6.07) is 28.0. The van der Waals surface area contributed by atoms with Crippen LogP contribution in [-0.2, 0) is 0 Å². The van der Waals surface area contributed by atoms with E-state index in [9.17, 15) is 5.11 Å². The number of hydrogen-bond donors (Lipinski definition) is 1. The zero-order chi connectivity index (χ0) is 22.1. The van der Waals surface area contributed by atoms with Gasteiger partial charge in [-0.15, -0.1) is 0 Å². The van der Waals surface area contributed by atoms with Crippen LogP contribution in [0, 0.1) is 0 Å². The molecule has 4 nitrogen and oxygen atoms in total. The molecule has 1 aliphatic rings. The van der Waals surface area contributed by atoms with E-state index in [1.54, 1.807) is 0 Å². The highest BCUT2D eigenvalue weighted by molar-refractivity contribution is 7.10. The van der Waals surface area contributed by atoms with Gasteiger partial charge < -0.3 is 5.11 Å². The Balaban J connectivity index is 1.69. The molecule has 5 rings (SSSR count). The van der Waals surface area contributed by atoms with Gasteiger partial charge in [-0.1, -0.05) is 78.1 Å². The van der Waals surface area contributed by atoms with Gasteiger partial charge in [-0.25, -0.2) is 4.99 Å². The van der Waals surface area contributed by atoms with Crippen molar-refractivity contribution in [2.75, 3.05) is 0 Å². The first-order chi connectivity index (χ1) is 15.6. The molecule has 0 radical (unpaired) electrons. The lowest BCUT2D eigenvalue weighted by Gasteiger charge is -2.15. The highest BCUT2D eigenvalue weighted by Crippen LogP contribution is 2.38. The van der Waals surface area contributed by atoms with Gasteiger partial charge in [-0.2, -0.15) is 0 Å². The highest BCUT2D eigenvalue weighted by atomic mass is 32.1. The van der Waals surface area contributed by atoms with Crippen molar-refractivity contribution in [2.45, 2.75) is 19.9 Å². The molecule has 0 bridgehead atoms. The fourth-order valence-electron chi connectivity index (χ4n) is 3.96. The molecule has 0 saturated heterocycles. The van der Waals surface area contributed by atoms with Gasteiger partial charge in [0.1, 0.15) is 0 Å². The van der Waals surface area contributed by atoms with Crippen LogP contribution in [0.25, 0.3) is 11.6 Å². The molecule has 0 saturated carbocycles. The van der Waals surface area contributed by atoms with Gasteiger partial charge in [-0.3, -0.25) is 9.56 Å². The maximum Gasteiger partial charge on any atom is 0.211 e. The molecule has 1 aliphatic heterocycles. The third kappa shape index (κ3) is 3.72. The first-order valence-electron chi connectivity index (χ1n) is 10.6. The van der Waals surface area contributed by atoms with Crippen LogP contribution < -0.4 is 4.80 Å². The smallest absolute Gasteiger partial charge is 0.211 e. The molecule has 1 N–H and O–H groups in total. The molecule has 1 unspecified atom stereocenters. The molecule has 1 aromatic heterocycles. The first-order valence-corrected chi connectivity index (χ1v) is 11.4. The molecule has 3 aromatic carbocycles. The number of aliphatic imine (C=N–C) groups is 1. The molecule has 1 atom stereocenters. The van der Waals surface area contributed by atoms with E-state index in [1.165, 1.54) is 11.3 Å². The van der Waals surface area contributed by atoms with Crippen LogP contribution in [0.4, 0.5) is 11.4 Å². The SMILES string of the molecule is CC1=Nc2ccccc2/C1=C/c1sc(=Nc2ccccc2)n(C(C)c2ccccc2)c1O. The van der Waals surface area contributed by atoms with Crippen molar-refractivity contribution in [3.05, 3.63) is 106 Å². The van der Waals surface area contributed by atoms with Gasteiger partial charge in [0.05, 0.1) is 22.3 Å². The quantitative estimate of drug-likeness (QED) is 0.377. The van der Waals surface area contributed by atoms with Crippen molar-refractivity contribution in [3.63, 3.8) is 0 Å². The van der Waals surface area contributed by atoms with E-state index in [0.29, 0.717) is 0 Å². The van der Waals surface area contributed by atoms with E-state index >= 15 is 0 Å². The summed E-state index contributed by atoms with van der Waals surface area (Å²) in [5.74, 6) is 0.214. The number of hydrogen-bond acceptors (Lipinski definition) is 4. The monoisotopic (exact) mass is 437 g/mol. The Labute approximate surface area is 191 Å². The number of thiazole rings is 1. The van der Waals surface area contributed by atoms with Gasteiger partial charge >= 0.3 is 0 Å². The third-order valence-electron chi connectivity index (χ3n) is 5.65. The van der Waals surface area contributed by atoms with Gasteiger partial charge in [0, 0.05) is 16.8 Å². The van der Waals surface area contributed by atoms with E-state index in [1.807, 2.05) is 84.3 Å². The molecule has 0 spiro atoms. The summed E-state index contributed by atoms with van der Waals surface area (Å²) in [5.41, 5.74) is 5.99.